The Morgan fingerprint density at radius 1 is 0.912 bits per heavy atom. The Labute approximate surface area is 202 Å². The topological polar surface area (TPSA) is 114 Å². The summed E-state index contributed by atoms with van der Waals surface area (Å²) >= 11 is 5.85. The first kappa shape index (κ1) is 25.0. The first-order chi connectivity index (χ1) is 16.3. The molecule has 0 atom stereocenters. The molecule has 3 aromatic carbocycles. The fourth-order valence-electron chi connectivity index (χ4n) is 2.76. The van der Waals surface area contributed by atoms with E-state index in [9.17, 15) is 18.0 Å². The molecule has 0 aliphatic carbocycles. The van der Waals surface area contributed by atoms with Gasteiger partial charge in [0.1, 0.15) is 12.4 Å². The summed E-state index contributed by atoms with van der Waals surface area (Å²) in [5, 5.41) is 0.619. The Balaban J connectivity index is 1.55. The molecule has 2 amide bonds. The van der Waals surface area contributed by atoms with Gasteiger partial charge in [-0.2, -0.15) is 0 Å². The average molecular weight is 500 g/mol. The van der Waals surface area contributed by atoms with E-state index in [1.165, 1.54) is 30.3 Å². The predicted molar refractivity (Wildman–Crippen MR) is 129 cm³/mol. The third-order valence-corrected chi connectivity index (χ3v) is 6.22. The van der Waals surface area contributed by atoms with Crippen molar-refractivity contribution in [1.29, 1.82) is 0 Å². The van der Waals surface area contributed by atoms with Gasteiger partial charge in [-0.1, -0.05) is 35.9 Å². The number of benzene rings is 3. The number of ether oxygens (including phenoxy) is 1. The Morgan fingerprint density at radius 3 is 2.21 bits per heavy atom. The van der Waals surface area contributed by atoms with Gasteiger partial charge in [-0.05, 0) is 60.2 Å². The predicted octanol–water partition coefficient (Wildman–Crippen LogP) is 3.46. The number of halogens is 1. The zero-order valence-electron chi connectivity index (χ0n) is 18.0. The third kappa shape index (κ3) is 6.92. The molecule has 0 aliphatic rings. The summed E-state index contributed by atoms with van der Waals surface area (Å²) in [6.07, 6.45) is 1.41. The number of rotatable bonds is 9. The van der Waals surface area contributed by atoms with Gasteiger partial charge in [0.05, 0.1) is 4.90 Å². The van der Waals surface area contributed by atoms with E-state index in [0.29, 0.717) is 22.9 Å². The maximum Gasteiger partial charge on any atom is 0.269 e. The van der Waals surface area contributed by atoms with Crippen LogP contribution in [0.5, 0.6) is 5.75 Å². The fourth-order valence-corrected chi connectivity index (χ4v) is 3.93. The molecule has 0 fully saturated rings. The van der Waals surface area contributed by atoms with Crippen molar-refractivity contribution in [1.82, 2.24) is 15.6 Å². The maximum atomic E-state index is 12.4. The number of hydrogen-bond donors (Lipinski definition) is 3. The Morgan fingerprint density at radius 2 is 1.56 bits per heavy atom. The molecule has 3 aromatic rings. The third-order valence-electron chi connectivity index (χ3n) is 4.55. The quantitative estimate of drug-likeness (QED) is 0.308. The van der Waals surface area contributed by atoms with Crippen molar-refractivity contribution >= 4 is 33.4 Å². The van der Waals surface area contributed by atoms with Crippen molar-refractivity contribution < 1.29 is 22.7 Å². The van der Waals surface area contributed by atoms with E-state index >= 15 is 0 Å². The molecule has 0 unspecified atom stereocenters. The van der Waals surface area contributed by atoms with E-state index in [2.05, 4.69) is 22.2 Å². The van der Waals surface area contributed by atoms with Gasteiger partial charge >= 0.3 is 0 Å². The van der Waals surface area contributed by atoms with E-state index in [4.69, 9.17) is 16.3 Å². The highest BCUT2D eigenvalue weighted by atomic mass is 35.5. The molecule has 0 spiro atoms. The Hall–Kier alpha value is -3.66. The molecule has 0 saturated carbocycles. The highest BCUT2D eigenvalue weighted by Crippen LogP contribution is 2.17. The van der Waals surface area contributed by atoms with Gasteiger partial charge in [-0.3, -0.25) is 20.4 Å². The molecule has 0 aromatic heterocycles. The van der Waals surface area contributed by atoms with E-state index < -0.39 is 21.8 Å². The molecule has 0 saturated heterocycles. The molecule has 3 N–H and O–H groups in total. The van der Waals surface area contributed by atoms with E-state index in [-0.39, 0.29) is 17.0 Å². The van der Waals surface area contributed by atoms with E-state index in [1.54, 1.807) is 48.5 Å². The largest absolute Gasteiger partial charge is 0.489 e. The second-order valence-corrected chi connectivity index (χ2v) is 9.22. The summed E-state index contributed by atoms with van der Waals surface area (Å²) in [6, 6.07) is 19.1. The highest BCUT2D eigenvalue weighted by Gasteiger charge is 2.16. The van der Waals surface area contributed by atoms with Crippen LogP contribution in [0.3, 0.4) is 0 Å². The van der Waals surface area contributed by atoms with Crippen molar-refractivity contribution in [3.05, 3.63) is 107 Å². The van der Waals surface area contributed by atoms with Crippen molar-refractivity contribution in [2.75, 3.05) is 6.54 Å². The molecule has 3 rings (SSSR count). The van der Waals surface area contributed by atoms with Crippen LogP contribution in [0.15, 0.2) is 90.3 Å². The van der Waals surface area contributed by atoms with Crippen LogP contribution in [0.2, 0.25) is 5.02 Å². The summed E-state index contributed by atoms with van der Waals surface area (Å²) in [6.45, 7) is 3.82. The number of carbonyl (C=O) groups is 2. The lowest BCUT2D eigenvalue weighted by Crippen LogP contribution is -2.41. The summed E-state index contributed by atoms with van der Waals surface area (Å²) in [4.78, 5) is 24.7. The molecule has 34 heavy (non-hydrogen) atoms. The zero-order chi connectivity index (χ0) is 24.6. The van der Waals surface area contributed by atoms with Crippen molar-refractivity contribution in [3.63, 3.8) is 0 Å². The number of sulfonamides is 1. The molecular weight excluding hydrogens is 478 g/mol. The Bertz CT molecular complexity index is 1280. The minimum Gasteiger partial charge on any atom is -0.489 e. The van der Waals surface area contributed by atoms with E-state index in [1.807, 2.05) is 0 Å². The number of amides is 2. The molecule has 10 heteroatoms. The minimum absolute atomic E-state index is 0.0564. The van der Waals surface area contributed by atoms with Crippen LogP contribution >= 0.6 is 11.6 Å². The van der Waals surface area contributed by atoms with Gasteiger partial charge in [-0.25, -0.2) is 13.1 Å². The average Bonchev–Trinajstić information content (AvgIpc) is 2.86. The molecule has 0 bridgehead atoms. The van der Waals surface area contributed by atoms with Crippen LogP contribution in [0.1, 0.15) is 26.3 Å². The van der Waals surface area contributed by atoms with Gasteiger partial charge in [-0.15, -0.1) is 6.58 Å². The van der Waals surface area contributed by atoms with Crippen molar-refractivity contribution in [2.45, 2.75) is 11.5 Å². The summed E-state index contributed by atoms with van der Waals surface area (Å²) in [5.41, 5.74) is 5.82. The standard InChI is InChI=1S/C24H22ClN3O5S/c1-2-14-26-34(31,32)22-5-3-4-19(15-22)24(30)28-27-23(29)18-8-6-17(7-9-18)16-33-21-12-10-20(25)11-13-21/h2-13,15,26H,1,14,16H2,(H,27,29)(H,28,30). The highest BCUT2D eigenvalue weighted by molar-refractivity contribution is 7.89. The SMILES string of the molecule is C=CCNS(=O)(=O)c1cccc(C(=O)NNC(=O)c2ccc(COc3ccc(Cl)cc3)cc2)c1. The van der Waals surface area contributed by atoms with Crippen LogP contribution in [0.25, 0.3) is 0 Å². The van der Waals surface area contributed by atoms with Crippen LogP contribution in [0, 0.1) is 0 Å². The number of hydrazine groups is 1. The summed E-state index contributed by atoms with van der Waals surface area (Å²) in [5.74, 6) is -0.528. The molecule has 0 heterocycles. The lowest BCUT2D eigenvalue weighted by atomic mass is 10.1. The summed E-state index contributed by atoms with van der Waals surface area (Å²) in [7, 11) is -3.79. The van der Waals surface area contributed by atoms with Gasteiger partial charge in [0.25, 0.3) is 11.8 Å². The van der Waals surface area contributed by atoms with Crippen molar-refractivity contribution in [2.24, 2.45) is 0 Å². The van der Waals surface area contributed by atoms with Crippen molar-refractivity contribution in [3.8, 4) is 5.75 Å². The van der Waals surface area contributed by atoms with Crippen LogP contribution in [-0.4, -0.2) is 26.8 Å². The minimum atomic E-state index is -3.79. The maximum absolute atomic E-state index is 12.4. The number of hydrogen-bond acceptors (Lipinski definition) is 5. The molecule has 0 radical (unpaired) electrons. The molecule has 0 aliphatic heterocycles. The van der Waals surface area contributed by atoms with Gasteiger partial charge in [0.15, 0.2) is 0 Å². The number of carbonyl (C=O) groups excluding carboxylic acids is 2. The van der Waals surface area contributed by atoms with Gasteiger partial charge in [0, 0.05) is 22.7 Å². The molecule has 8 nitrogen and oxygen atoms in total. The van der Waals surface area contributed by atoms with Crippen LogP contribution in [-0.2, 0) is 16.6 Å². The lowest BCUT2D eigenvalue weighted by molar-refractivity contribution is 0.0846. The second-order valence-electron chi connectivity index (χ2n) is 7.02. The van der Waals surface area contributed by atoms with Gasteiger partial charge in [0.2, 0.25) is 10.0 Å². The number of nitrogens with one attached hydrogen (secondary N) is 3. The smallest absolute Gasteiger partial charge is 0.269 e. The first-order valence-corrected chi connectivity index (χ1v) is 11.9. The zero-order valence-corrected chi connectivity index (χ0v) is 19.5. The second kappa shape index (κ2) is 11.5. The molecule has 176 valence electrons. The van der Waals surface area contributed by atoms with Gasteiger partial charge < -0.3 is 4.74 Å². The first-order valence-electron chi connectivity index (χ1n) is 10.1. The van der Waals surface area contributed by atoms with E-state index in [0.717, 1.165) is 5.56 Å². The van der Waals surface area contributed by atoms with Crippen LogP contribution < -0.4 is 20.3 Å². The fraction of sp³-hybridized carbons (Fsp3) is 0.0833. The lowest BCUT2D eigenvalue weighted by Gasteiger charge is -2.10. The normalized spacial score (nSPS) is 10.9. The Kier molecular flexibility index (Phi) is 8.42. The monoisotopic (exact) mass is 499 g/mol. The van der Waals surface area contributed by atoms with Crippen LogP contribution in [0.4, 0.5) is 0 Å². The molecular formula is C24H22ClN3O5S. The summed E-state index contributed by atoms with van der Waals surface area (Å²) < 4.78 is 32.4.